The number of aromatic nitrogens is 2. The first-order valence-electron chi connectivity index (χ1n) is 5.39. The molecule has 0 aromatic carbocycles. The number of anilines is 1. The zero-order valence-electron chi connectivity index (χ0n) is 10.2. The van der Waals surface area contributed by atoms with Crippen molar-refractivity contribution in [3.05, 3.63) is 53.3 Å². The van der Waals surface area contributed by atoms with Gasteiger partial charge in [-0.3, -0.25) is 9.36 Å². The molecule has 94 valence electrons. The van der Waals surface area contributed by atoms with Crippen molar-refractivity contribution in [2.75, 3.05) is 5.73 Å². The van der Waals surface area contributed by atoms with Crippen molar-refractivity contribution >= 4 is 17.5 Å². The van der Waals surface area contributed by atoms with Crippen molar-refractivity contribution in [1.29, 1.82) is 0 Å². The molecular weight excluding hydrogens is 230 g/mol. The van der Waals surface area contributed by atoms with E-state index in [9.17, 15) is 9.59 Å². The van der Waals surface area contributed by atoms with E-state index in [4.69, 9.17) is 5.73 Å². The topological polar surface area (TPSA) is 78.0 Å². The van der Waals surface area contributed by atoms with Gasteiger partial charge in [-0.25, -0.2) is 4.98 Å². The van der Waals surface area contributed by atoms with Crippen LogP contribution in [0.2, 0.25) is 0 Å². The Morgan fingerprint density at radius 2 is 2.28 bits per heavy atom. The van der Waals surface area contributed by atoms with Crippen LogP contribution in [0, 0.1) is 0 Å². The van der Waals surface area contributed by atoms with Crippen LogP contribution < -0.4 is 11.3 Å². The maximum Gasteiger partial charge on any atom is 0.277 e. The third-order valence-corrected chi connectivity index (χ3v) is 2.22. The van der Waals surface area contributed by atoms with Gasteiger partial charge >= 0.3 is 0 Å². The largest absolute Gasteiger partial charge is 0.393 e. The Kier molecular flexibility index (Phi) is 4.80. The molecule has 1 rings (SSSR count). The van der Waals surface area contributed by atoms with Gasteiger partial charge in [-0.2, -0.15) is 0 Å². The molecule has 1 heterocycles. The van der Waals surface area contributed by atoms with E-state index in [0.29, 0.717) is 17.7 Å². The number of nitrogen functional groups attached to an aromatic ring is 1. The first-order valence-corrected chi connectivity index (χ1v) is 5.39. The highest BCUT2D eigenvalue weighted by Crippen LogP contribution is 2.10. The molecule has 0 aliphatic rings. The van der Waals surface area contributed by atoms with E-state index in [1.807, 2.05) is 19.1 Å². The van der Waals surface area contributed by atoms with Crippen molar-refractivity contribution < 1.29 is 4.79 Å². The standard InChI is InChI=1S/C13H15N3O2/c1-3-4-5-6-10(2)12-15-9-11(14)13(18)16(12)7-8-17/h3-6,8-9H,2,7,14H2,1H3/b4-3-,6-5-. The maximum absolute atomic E-state index is 11.8. The third kappa shape index (κ3) is 3.04. The molecule has 5 nitrogen and oxygen atoms in total. The minimum Gasteiger partial charge on any atom is -0.393 e. The average Bonchev–Trinajstić information content (AvgIpc) is 2.35. The number of nitrogens with two attached hydrogens (primary N) is 1. The highest BCUT2D eigenvalue weighted by atomic mass is 16.1. The van der Waals surface area contributed by atoms with Crippen LogP contribution in [0.5, 0.6) is 0 Å². The van der Waals surface area contributed by atoms with Crippen LogP contribution in [0.1, 0.15) is 12.7 Å². The normalized spacial score (nSPS) is 11.2. The molecule has 2 N–H and O–H groups in total. The Balaban J connectivity index is 3.23. The molecule has 0 aliphatic heterocycles. The highest BCUT2D eigenvalue weighted by molar-refractivity contribution is 5.68. The predicted molar refractivity (Wildman–Crippen MR) is 72.0 cm³/mol. The van der Waals surface area contributed by atoms with E-state index in [-0.39, 0.29) is 12.2 Å². The summed E-state index contributed by atoms with van der Waals surface area (Å²) >= 11 is 0. The molecule has 1 aromatic heterocycles. The van der Waals surface area contributed by atoms with Gasteiger partial charge in [-0.05, 0) is 6.92 Å². The number of nitrogens with zero attached hydrogens (tertiary/aromatic N) is 2. The molecule has 0 aliphatic carbocycles. The molecular formula is C13H15N3O2. The van der Waals surface area contributed by atoms with Gasteiger partial charge in [-0.1, -0.05) is 30.9 Å². The van der Waals surface area contributed by atoms with Crippen LogP contribution in [0.25, 0.3) is 5.57 Å². The van der Waals surface area contributed by atoms with Gasteiger partial charge in [0.2, 0.25) is 0 Å². The van der Waals surface area contributed by atoms with Crippen molar-refractivity contribution in [2.45, 2.75) is 13.5 Å². The fourth-order valence-corrected chi connectivity index (χ4v) is 1.37. The molecule has 0 bridgehead atoms. The fraction of sp³-hybridized carbons (Fsp3) is 0.154. The van der Waals surface area contributed by atoms with Gasteiger partial charge < -0.3 is 10.5 Å². The predicted octanol–water partition coefficient (Wildman–Crippen LogP) is 1.17. The lowest BCUT2D eigenvalue weighted by atomic mass is 10.2. The minimum atomic E-state index is -0.437. The molecule has 0 saturated carbocycles. The second-order valence-corrected chi connectivity index (χ2v) is 3.53. The lowest BCUT2D eigenvalue weighted by Gasteiger charge is -2.09. The Labute approximate surface area is 105 Å². The monoisotopic (exact) mass is 245 g/mol. The summed E-state index contributed by atoms with van der Waals surface area (Å²) in [7, 11) is 0. The van der Waals surface area contributed by atoms with Crippen LogP contribution in [0.4, 0.5) is 5.69 Å². The summed E-state index contributed by atoms with van der Waals surface area (Å²) in [5.74, 6) is 0.335. The van der Waals surface area contributed by atoms with Crippen LogP contribution in [0.3, 0.4) is 0 Å². The van der Waals surface area contributed by atoms with E-state index >= 15 is 0 Å². The van der Waals surface area contributed by atoms with E-state index in [0.717, 1.165) is 0 Å². The summed E-state index contributed by atoms with van der Waals surface area (Å²) in [6.45, 7) is 5.60. The van der Waals surface area contributed by atoms with Crippen LogP contribution in [-0.2, 0) is 11.3 Å². The number of aldehydes is 1. The van der Waals surface area contributed by atoms with E-state index in [1.54, 1.807) is 12.2 Å². The maximum atomic E-state index is 11.8. The third-order valence-electron chi connectivity index (χ3n) is 2.22. The van der Waals surface area contributed by atoms with E-state index in [2.05, 4.69) is 11.6 Å². The number of carbonyl (C=O) groups is 1. The van der Waals surface area contributed by atoms with Gasteiger partial charge in [0.05, 0.1) is 12.7 Å². The number of hydrogen-bond acceptors (Lipinski definition) is 4. The van der Waals surface area contributed by atoms with Crippen LogP contribution in [0.15, 0.2) is 41.9 Å². The molecule has 0 amide bonds. The number of allylic oxidation sites excluding steroid dienone is 5. The second kappa shape index (κ2) is 6.34. The Morgan fingerprint density at radius 1 is 1.56 bits per heavy atom. The van der Waals surface area contributed by atoms with Crippen molar-refractivity contribution in [3.63, 3.8) is 0 Å². The van der Waals surface area contributed by atoms with Crippen molar-refractivity contribution in [1.82, 2.24) is 9.55 Å². The molecule has 1 aromatic rings. The summed E-state index contributed by atoms with van der Waals surface area (Å²) in [6.07, 6.45) is 9.06. The molecule has 0 unspecified atom stereocenters. The van der Waals surface area contributed by atoms with Gasteiger partial charge in [-0.15, -0.1) is 0 Å². The summed E-state index contributed by atoms with van der Waals surface area (Å²) < 4.78 is 1.20. The highest BCUT2D eigenvalue weighted by Gasteiger charge is 2.09. The Bertz CT molecular complexity index is 568. The summed E-state index contributed by atoms with van der Waals surface area (Å²) in [6, 6.07) is 0. The van der Waals surface area contributed by atoms with Gasteiger partial charge in [0.1, 0.15) is 17.8 Å². The molecule has 0 saturated heterocycles. The van der Waals surface area contributed by atoms with Gasteiger partial charge in [0.15, 0.2) is 0 Å². The lowest BCUT2D eigenvalue weighted by molar-refractivity contribution is -0.108. The van der Waals surface area contributed by atoms with Crippen LogP contribution >= 0.6 is 0 Å². The smallest absolute Gasteiger partial charge is 0.277 e. The molecule has 0 fully saturated rings. The lowest BCUT2D eigenvalue weighted by Crippen LogP contribution is -2.27. The van der Waals surface area contributed by atoms with E-state index in [1.165, 1.54) is 10.8 Å². The Hall–Kier alpha value is -2.43. The Morgan fingerprint density at radius 3 is 2.89 bits per heavy atom. The first-order chi connectivity index (χ1) is 8.61. The molecule has 18 heavy (non-hydrogen) atoms. The zero-order valence-corrected chi connectivity index (χ0v) is 10.2. The SMILES string of the molecule is C=C(/C=C\C=C/C)c1ncc(N)c(=O)n1CC=O. The summed E-state index contributed by atoms with van der Waals surface area (Å²) in [5.41, 5.74) is 5.57. The van der Waals surface area contributed by atoms with Crippen molar-refractivity contribution in [2.24, 2.45) is 0 Å². The number of rotatable bonds is 5. The minimum absolute atomic E-state index is 0.00540. The zero-order chi connectivity index (χ0) is 13.5. The molecule has 0 spiro atoms. The summed E-state index contributed by atoms with van der Waals surface area (Å²) in [4.78, 5) is 26.4. The number of hydrogen-bond donors (Lipinski definition) is 1. The summed E-state index contributed by atoms with van der Waals surface area (Å²) in [5, 5.41) is 0. The second-order valence-electron chi connectivity index (χ2n) is 3.53. The molecule has 5 heteroatoms. The quantitative estimate of drug-likeness (QED) is 0.624. The van der Waals surface area contributed by atoms with Gasteiger partial charge in [0, 0.05) is 5.57 Å². The first kappa shape index (κ1) is 13.6. The van der Waals surface area contributed by atoms with Crippen LogP contribution in [-0.4, -0.2) is 15.8 Å². The van der Waals surface area contributed by atoms with Gasteiger partial charge in [0.25, 0.3) is 5.56 Å². The molecule has 0 radical (unpaired) electrons. The molecule has 0 atom stereocenters. The van der Waals surface area contributed by atoms with Crippen molar-refractivity contribution in [3.8, 4) is 0 Å². The average molecular weight is 245 g/mol. The number of carbonyl (C=O) groups excluding carboxylic acids is 1. The fourth-order valence-electron chi connectivity index (χ4n) is 1.37. The van der Waals surface area contributed by atoms with E-state index < -0.39 is 5.56 Å².